The van der Waals surface area contributed by atoms with Crippen molar-refractivity contribution in [2.75, 3.05) is 0 Å². The molecule has 0 aliphatic heterocycles. The van der Waals surface area contributed by atoms with Gasteiger partial charge in [-0.05, 0) is 44.9 Å². The van der Waals surface area contributed by atoms with Gasteiger partial charge in [-0.1, -0.05) is 95.9 Å². The Morgan fingerprint density at radius 2 is 0.933 bits per heavy atom. The van der Waals surface area contributed by atoms with Crippen molar-refractivity contribution >= 4 is 11.9 Å². The average molecular weight is 423 g/mol. The molecular formula is C26H46O4. The highest BCUT2D eigenvalue weighted by Crippen LogP contribution is 2.10. The van der Waals surface area contributed by atoms with E-state index in [2.05, 4.69) is 47.9 Å². The molecule has 0 aliphatic carbocycles. The zero-order chi connectivity index (χ0) is 22.1. The minimum Gasteiger partial charge on any atom is -0.247 e. The van der Waals surface area contributed by atoms with Crippen molar-refractivity contribution in [2.24, 2.45) is 0 Å². The third kappa shape index (κ3) is 22.7. The molecule has 0 saturated heterocycles. The maximum Gasteiger partial charge on any atom is 0.355 e. The molecule has 4 nitrogen and oxygen atoms in total. The van der Waals surface area contributed by atoms with Gasteiger partial charge in [-0.25, -0.2) is 19.4 Å². The van der Waals surface area contributed by atoms with Crippen LogP contribution in [0.1, 0.15) is 129 Å². The quantitative estimate of drug-likeness (QED) is 0.0859. The average Bonchev–Trinajstić information content (AvgIpc) is 2.74. The molecule has 0 fully saturated rings. The Morgan fingerprint density at radius 3 is 1.47 bits per heavy atom. The SMILES string of the molecule is CCCCC/C=C\C/C=C\CCCCCCCC(=O)OOC(=O)CCCCCCC. The first kappa shape index (κ1) is 28.4. The molecule has 0 aromatic carbocycles. The normalized spacial score (nSPS) is 11.4. The molecule has 0 radical (unpaired) electrons. The highest BCUT2D eigenvalue weighted by atomic mass is 17.2. The summed E-state index contributed by atoms with van der Waals surface area (Å²) >= 11 is 0. The lowest BCUT2D eigenvalue weighted by Gasteiger charge is -2.04. The summed E-state index contributed by atoms with van der Waals surface area (Å²) in [6, 6.07) is 0. The van der Waals surface area contributed by atoms with Gasteiger partial charge in [0.2, 0.25) is 0 Å². The third-order valence-corrected chi connectivity index (χ3v) is 5.04. The van der Waals surface area contributed by atoms with Gasteiger partial charge < -0.3 is 0 Å². The molecule has 0 heterocycles. The van der Waals surface area contributed by atoms with Crippen LogP contribution in [0, 0.1) is 0 Å². The maximum absolute atomic E-state index is 11.6. The van der Waals surface area contributed by atoms with Crippen molar-refractivity contribution in [1.29, 1.82) is 0 Å². The summed E-state index contributed by atoms with van der Waals surface area (Å²) in [5, 5.41) is 0. The second-order valence-corrected chi connectivity index (χ2v) is 8.06. The van der Waals surface area contributed by atoms with Crippen molar-refractivity contribution < 1.29 is 19.4 Å². The van der Waals surface area contributed by atoms with Crippen LogP contribution in [0.2, 0.25) is 0 Å². The fourth-order valence-corrected chi connectivity index (χ4v) is 3.13. The lowest BCUT2D eigenvalue weighted by Crippen LogP contribution is -2.11. The fourth-order valence-electron chi connectivity index (χ4n) is 3.13. The van der Waals surface area contributed by atoms with Crippen LogP contribution >= 0.6 is 0 Å². The van der Waals surface area contributed by atoms with E-state index in [1.165, 1.54) is 51.4 Å². The van der Waals surface area contributed by atoms with E-state index >= 15 is 0 Å². The van der Waals surface area contributed by atoms with Gasteiger partial charge in [0, 0.05) is 0 Å². The largest absolute Gasteiger partial charge is 0.355 e. The van der Waals surface area contributed by atoms with E-state index in [-0.39, 0.29) is 0 Å². The molecule has 0 amide bonds. The smallest absolute Gasteiger partial charge is 0.247 e. The highest BCUT2D eigenvalue weighted by Gasteiger charge is 2.09. The van der Waals surface area contributed by atoms with Gasteiger partial charge in [0.1, 0.15) is 0 Å². The summed E-state index contributed by atoms with van der Waals surface area (Å²) in [5.74, 6) is -0.889. The predicted molar refractivity (Wildman–Crippen MR) is 125 cm³/mol. The van der Waals surface area contributed by atoms with E-state index in [0.29, 0.717) is 12.8 Å². The molecule has 0 spiro atoms. The summed E-state index contributed by atoms with van der Waals surface area (Å²) in [7, 11) is 0. The highest BCUT2D eigenvalue weighted by molar-refractivity contribution is 5.72. The molecule has 30 heavy (non-hydrogen) atoms. The summed E-state index contributed by atoms with van der Waals surface area (Å²) in [6.07, 6.45) is 27.6. The maximum atomic E-state index is 11.6. The number of carbonyl (C=O) groups excluding carboxylic acids is 2. The zero-order valence-electron chi connectivity index (χ0n) is 19.7. The van der Waals surface area contributed by atoms with Gasteiger partial charge in [-0.3, -0.25) is 0 Å². The zero-order valence-corrected chi connectivity index (χ0v) is 19.7. The van der Waals surface area contributed by atoms with Crippen molar-refractivity contribution in [3.63, 3.8) is 0 Å². The lowest BCUT2D eigenvalue weighted by molar-refractivity contribution is -0.259. The number of allylic oxidation sites excluding steroid dienone is 4. The van der Waals surface area contributed by atoms with Crippen molar-refractivity contribution in [3.8, 4) is 0 Å². The number of hydrogen-bond donors (Lipinski definition) is 0. The van der Waals surface area contributed by atoms with Gasteiger partial charge in [0.25, 0.3) is 0 Å². The second kappa shape index (κ2) is 23.7. The van der Waals surface area contributed by atoms with E-state index in [1.54, 1.807) is 0 Å². The molecule has 0 aromatic rings. The van der Waals surface area contributed by atoms with Crippen molar-refractivity contribution in [2.45, 2.75) is 129 Å². The Morgan fingerprint density at radius 1 is 0.533 bits per heavy atom. The number of hydrogen-bond acceptors (Lipinski definition) is 4. The Kier molecular flexibility index (Phi) is 22.4. The van der Waals surface area contributed by atoms with Crippen LogP contribution in [0.3, 0.4) is 0 Å². The van der Waals surface area contributed by atoms with E-state index in [1.807, 2.05) is 0 Å². The third-order valence-electron chi connectivity index (χ3n) is 5.04. The van der Waals surface area contributed by atoms with Crippen molar-refractivity contribution in [1.82, 2.24) is 0 Å². The number of carbonyl (C=O) groups is 2. The summed E-state index contributed by atoms with van der Waals surface area (Å²) < 4.78 is 0. The summed E-state index contributed by atoms with van der Waals surface area (Å²) in [4.78, 5) is 32.2. The minimum absolute atomic E-state index is 0.314. The van der Waals surface area contributed by atoms with Crippen LogP contribution in [-0.2, 0) is 19.4 Å². The lowest BCUT2D eigenvalue weighted by atomic mass is 10.1. The van der Waals surface area contributed by atoms with E-state index in [0.717, 1.165) is 51.4 Å². The summed E-state index contributed by atoms with van der Waals surface area (Å²) in [5.41, 5.74) is 0. The second-order valence-electron chi connectivity index (χ2n) is 8.06. The monoisotopic (exact) mass is 422 g/mol. The molecule has 0 saturated carbocycles. The molecule has 0 aromatic heterocycles. The standard InChI is InChI=1S/C26H46O4/c1-3-5-7-9-10-11-12-13-14-15-16-17-18-20-22-24-26(28)30-29-25(27)23-21-19-8-6-4-2/h10-11,13-14H,3-9,12,15-24H2,1-2H3/b11-10-,14-13-. The molecule has 0 bridgehead atoms. The Balaban J connectivity index is 3.38. The molecule has 174 valence electrons. The van der Waals surface area contributed by atoms with E-state index in [4.69, 9.17) is 0 Å². The van der Waals surface area contributed by atoms with Crippen LogP contribution in [0.4, 0.5) is 0 Å². The number of unbranched alkanes of at least 4 members (excludes halogenated alkanes) is 12. The van der Waals surface area contributed by atoms with Gasteiger partial charge >= 0.3 is 11.9 Å². The molecule has 0 aliphatic rings. The van der Waals surface area contributed by atoms with Crippen LogP contribution in [0.5, 0.6) is 0 Å². The molecular weight excluding hydrogens is 376 g/mol. The van der Waals surface area contributed by atoms with Crippen LogP contribution in [-0.4, -0.2) is 11.9 Å². The topological polar surface area (TPSA) is 52.6 Å². The molecule has 0 rings (SSSR count). The van der Waals surface area contributed by atoms with E-state index < -0.39 is 11.9 Å². The van der Waals surface area contributed by atoms with Gasteiger partial charge in [-0.15, -0.1) is 0 Å². The number of rotatable bonds is 20. The van der Waals surface area contributed by atoms with Gasteiger partial charge in [-0.2, -0.15) is 0 Å². The first-order valence-electron chi connectivity index (χ1n) is 12.4. The summed E-state index contributed by atoms with van der Waals surface area (Å²) in [6.45, 7) is 4.39. The molecule has 0 N–H and O–H groups in total. The van der Waals surface area contributed by atoms with Crippen LogP contribution < -0.4 is 0 Å². The van der Waals surface area contributed by atoms with Crippen LogP contribution in [0.15, 0.2) is 24.3 Å². The first-order valence-corrected chi connectivity index (χ1v) is 12.4. The molecule has 0 unspecified atom stereocenters. The Hall–Kier alpha value is -1.58. The van der Waals surface area contributed by atoms with Crippen LogP contribution in [0.25, 0.3) is 0 Å². The predicted octanol–water partition coefficient (Wildman–Crippen LogP) is 8.16. The fraction of sp³-hybridized carbons (Fsp3) is 0.769. The molecule has 4 heteroatoms. The van der Waals surface area contributed by atoms with Crippen molar-refractivity contribution in [3.05, 3.63) is 24.3 Å². The Labute approximate surface area is 185 Å². The van der Waals surface area contributed by atoms with Gasteiger partial charge in [0.05, 0.1) is 12.8 Å². The molecule has 0 atom stereocenters. The first-order chi connectivity index (χ1) is 14.7. The Bertz CT molecular complexity index is 454. The minimum atomic E-state index is -0.445. The van der Waals surface area contributed by atoms with Gasteiger partial charge in [0.15, 0.2) is 0 Å². The van der Waals surface area contributed by atoms with E-state index in [9.17, 15) is 9.59 Å².